The van der Waals surface area contributed by atoms with Crippen molar-refractivity contribution in [2.75, 3.05) is 12.3 Å². The molecule has 110 valence electrons. The zero-order valence-corrected chi connectivity index (χ0v) is 11.6. The summed E-state index contributed by atoms with van der Waals surface area (Å²) in [7, 11) is -3.55. The predicted octanol–water partition coefficient (Wildman–Crippen LogP) is 0.312. The summed E-state index contributed by atoms with van der Waals surface area (Å²) in [5.74, 6) is -0.732. The van der Waals surface area contributed by atoms with Crippen molar-refractivity contribution in [3.05, 3.63) is 39.4 Å². The van der Waals surface area contributed by atoms with Crippen molar-refractivity contribution in [2.45, 2.75) is 13.3 Å². The lowest BCUT2D eigenvalue weighted by Crippen LogP contribution is -2.27. The Morgan fingerprint density at radius 2 is 2.10 bits per heavy atom. The van der Waals surface area contributed by atoms with Crippen LogP contribution in [0.4, 0.5) is 5.69 Å². The van der Waals surface area contributed by atoms with Gasteiger partial charge in [0.15, 0.2) is 0 Å². The fraction of sp³-hybridized carbons (Fsp3) is 0.364. The number of aryl methyl sites for hydroxylation is 1. The molecular formula is C11H15N3O5S. The van der Waals surface area contributed by atoms with Crippen LogP contribution in [0.1, 0.15) is 22.3 Å². The molecule has 8 nitrogen and oxygen atoms in total. The van der Waals surface area contributed by atoms with Gasteiger partial charge in [-0.15, -0.1) is 0 Å². The van der Waals surface area contributed by atoms with Gasteiger partial charge in [-0.05, 0) is 19.4 Å². The third-order valence-corrected chi connectivity index (χ3v) is 3.42. The fourth-order valence-corrected chi connectivity index (χ4v) is 2.07. The molecule has 0 atom stereocenters. The molecule has 0 unspecified atom stereocenters. The molecule has 0 aliphatic carbocycles. The number of nitro groups is 1. The van der Waals surface area contributed by atoms with Crippen molar-refractivity contribution >= 4 is 21.6 Å². The van der Waals surface area contributed by atoms with Crippen molar-refractivity contribution in [3.8, 4) is 0 Å². The fourth-order valence-electron chi connectivity index (χ4n) is 1.52. The summed E-state index contributed by atoms with van der Waals surface area (Å²) < 4.78 is 21.4. The first kappa shape index (κ1) is 16.1. The lowest BCUT2D eigenvalue weighted by molar-refractivity contribution is -0.385. The number of primary sulfonamides is 1. The lowest BCUT2D eigenvalue weighted by Gasteiger charge is -2.05. The first-order valence-corrected chi connectivity index (χ1v) is 7.46. The van der Waals surface area contributed by atoms with Crippen LogP contribution in [0, 0.1) is 17.0 Å². The number of hydrogen-bond donors (Lipinski definition) is 2. The minimum atomic E-state index is -3.55. The quantitative estimate of drug-likeness (QED) is 0.443. The Labute approximate surface area is 116 Å². The highest BCUT2D eigenvalue weighted by atomic mass is 32.2. The Kier molecular flexibility index (Phi) is 5.17. The molecule has 1 amide bonds. The van der Waals surface area contributed by atoms with Crippen LogP contribution in [0.25, 0.3) is 0 Å². The summed E-state index contributed by atoms with van der Waals surface area (Å²) in [5, 5.41) is 18.1. The van der Waals surface area contributed by atoms with Crippen LogP contribution in [0.2, 0.25) is 0 Å². The van der Waals surface area contributed by atoms with E-state index in [0.29, 0.717) is 5.56 Å². The van der Waals surface area contributed by atoms with Gasteiger partial charge >= 0.3 is 0 Å². The molecule has 0 aromatic heterocycles. The highest BCUT2D eigenvalue weighted by Gasteiger charge is 2.14. The predicted molar refractivity (Wildman–Crippen MR) is 72.8 cm³/mol. The van der Waals surface area contributed by atoms with E-state index in [-0.39, 0.29) is 30.0 Å². The van der Waals surface area contributed by atoms with Crippen LogP contribution in [-0.2, 0) is 10.0 Å². The van der Waals surface area contributed by atoms with Gasteiger partial charge in [0.1, 0.15) is 0 Å². The summed E-state index contributed by atoms with van der Waals surface area (Å²) in [4.78, 5) is 21.9. The normalized spacial score (nSPS) is 11.1. The third kappa shape index (κ3) is 4.94. The molecule has 0 spiro atoms. The molecule has 1 rings (SSSR count). The van der Waals surface area contributed by atoms with Crippen molar-refractivity contribution in [3.63, 3.8) is 0 Å². The number of amides is 1. The molecule has 1 aromatic rings. The summed E-state index contributed by atoms with van der Waals surface area (Å²) in [6.07, 6.45) is 0.179. The second-order valence-corrected chi connectivity index (χ2v) is 5.97. The molecule has 3 N–H and O–H groups in total. The molecule has 0 fully saturated rings. The standard InChI is InChI=1S/C11H15N3O5S/c1-8-3-4-9(7-10(8)14(16)17)11(15)13-5-2-6-20(12,18)19/h3-4,7H,2,5-6H2,1H3,(H,13,15)(H2,12,18,19). The van der Waals surface area contributed by atoms with Gasteiger partial charge in [-0.2, -0.15) is 0 Å². The number of rotatable bonds is 6. The summed E-state index contributed by atoms with van der Waals surface area (Å²) in [6.45, 7) is 1.70. The Hall–Kier alpha value is -2.00. The van der Waals surface area contributed by atoms with Gasteiger partial charge in [0.05, 0.1) is 10.7 Å². The zero-order valence-electron chi connectivity index (χ0n) is 10.8. The zero-order chi connectivity index (χ0) is 15.3. The molecule has 0 aliphatic rings. The van der Waals surface area contributed by atoms with Gasteiger partial charge in [-0.3, -0.25) is 14.9 Å². The SMILES string of the molecule is Cc1ccc(C(=O)NCCCS(N)(=O)=O)cc1[N+](=O)[O-]. The van der Waals surface area contributed by atoms with E-state index < -0.39 is 20.9 Å². The number of nitro benzene ring substituents is 1. The van der Waals surface area contributed by atoms with Crippen molar-refractivity contribution < 1.29 is 18.1 Å². The molecule has 0 saturated heterocycles. The smallest absolute Gasteiger partial charge is 0.273 e. The number of carbonyl (C=O) groups is 1. The Morgan fingerprint density at radius 1 is 1.45 bits per heavy atom. The molecule has 0 heterocycles. The highest BCUT2D eigenvalue weighted by molar-refractivity contribution is 7.89. The maximum absolute atomic E-state index is 11.7. The minimum absolute atomic E-state index is 0.122. The number of nitrogens with zero attached hydrogens (tertiary/aromatic N) is 1. The average molecular weight is 301 g/mol. The van der Waals surface area contributed by atoms with E-state index in [4.69, 9.17) is 5.14 Å². The van der Waals surface area contributed by atoms with E-state index in [9.17, 15) is 23.3 Å². The average Bonchev–Trinajstić information content (AvgIpc) is 2.33. The molecule has 1 aromatic carbocycles. The number of carbonyl (C=O) groups excluding carboxylic acids is 1. The van der Waals surface area contributed by atoms with Crippen LogP contribution in [0.5, 0.6) is 0 Å². The van der Waals surface area contributed by atoms with E-state index in [1.807, 2.05) is 0 Å². The van der Waals surface area contributed by atoms with Crippen LogP contribution < -0.4 is 10.5 Å². The van der Waals surface area contributed by atoms with E-state index in [1.165, 1.54) is 18.2 Å². The Morgan fingerprint density at radius 3 is 2.65 bits per heavy atom. The molecule has 0 bridgehead atoms. The molecule has 9 heteroatoms. The summed E-state index contributed by atoms with van der Waals surface area (Å²) in [6, 6.07) is 4.14. The number of nitrogens with one attached hydrogen (secondary N) is 1. The Bertz CT molecular complexity index is 627. The van der Waals surface area contributed by atoms with Gasteiger partial charge in [-0.1, -0.05) is 6.07 Å². The largest absolute Gasteiger partial charge is 0.352 e. The van der Waals surface area contributed by atoms with E-state index >= 15 is 0 Å². The molecule has 0 radical (unpaired) electrons. The molecule has 0 saturated carbocycles. The summed E-state index contributed by atoms with van der Waals surface area (Å²) in [5.41, 5.74) is 0.473. The number of nitrogens with two attached hydrogens (primary N) is 1. The van der Waals surface area contributed by atoms with Crippen LogP contribution in [0.3, 0.4) is 0 Å². The van der Waals surface area contributed by atoms with E-state index in [1.54, 1.807) is 6.92 Å². The van der Waals surface area contributed by atoms with Crippen LogP contribution in [0.15, 0.2) is 18.2 Å². The van der Waals surface area contributed by atoms with E-state index in [2.05, 4.69) is 5.32 Å². The van der Waals surface area contributed by atoms with Gasteiger partial charge < -0.3 is 5.32 Å². The third-order valence-electron chi connectivity index (χ3n) is 2.56. The van der Waals surface area contributed by atoms with Crippen molar-refractivity contribution in [1.29, 1.82) is 0 Å². The first-order valence-electron chi connectivity index (χ1n) is 5.74. The van der Waals surface area contributed by atoms with Crippen LogP contribution in [-0.4, -0.2) is 31.5 Å². The second-order valence-electron chi connectivity index (χ2n) is 4.23. The van der Waals surface area contributed by atoms with Gasteiger partial charge in [0.25, 0.3) is 11.6 Å². The van der Waals surface area contributed by atoms with Gasteiger partial charge in [0, 0.05) is 23.7 Å². The topological polar surface area (TPSA) is 132 Å². The molecule has 0 aliphatic heterocycles. The monoisotopic (exact) mass is 301 g/mol. The van der Waals surface area contributed by atoms with Gasteiger partial charge in [0.2, 0.25) is 10.0 Å². The Balaban J connectivity index is 2.64. The lowest BCUT2D eigenvalue weighted by atomic mass is 10.1. The maximum atomic E-state index is 11.7. The number of benzene rings is 1. The highest BCUT2D eigenvalue weighted by Crippen LogP contribution is 2.19. The van der Waals surface area contributed by atoms with Crippen molar-refractivity contribution in [2.24, 2.45) is 5.14 Å². The van der Waals surface area contributed by atoms with Crippen LogP contribution >= 0.6 is 0 Å². The molecule has 20 heavy (non-hydrogen) atoms. The number of hydrogen-bond acceptors (Lipinski definition) is 5. The second kappa shape index (κ2) is 6.44. The minimum Gasteiger partial charge on any atom is -0.352 e. The van der Waals surface area contributed by atoms with E-state index in [0.717, 1.165) is 0 Å². The number of sulfonamides is 1. The molecular weight excluding hydrogens is 286 g/mol. The first-order chi connectivity index (χ1) is 9.20. The summed E-state index contributed by atoms with van der Waals surface area (Å²) >= 11 is 0. The van der Waals surface area contributed by atoms with Crippen molar-refractivity contribution in [1.82, 2.24) is 5.32 Å². The van der Waals surface area contributed by atoms with Gasteiger partial charge in [-0.25, -0.2) is 13.6 Å². The maximum Gasteiger partial charge on any atom is 0.273 e.